The predicted molar refractivity (Wildman–Crippen MR) is 81.9 cm³/mol. The molecule has 1 aromatic heterocycles. The van der Waals surface area contributed by atoms with E-state index >= 15 is 0 Å². The lowest BCUT2D eigenvalue weighted by Gasteiger charge is -2.11. The smallest absolute Gasteiger partial charge is 0.329 e. The van der Waals surface area contributed by atoms with E-state index in [1.165, 1.54) is 6.07 Å². The van der Waals surface area contributed by atoms with Crippen LogP contribution in [0.3, 0.4) is 0 Å². The van der Waals surface area contributed by atoms with Crippen LogP contribution in [0.1, 0.15) is 19.4 Å². The summed E-state index contributed by atoms with van der Waals surface area (Å²) in [4.78, 5) is 18.3. The van der Waals surface area contributed by atoms with Crippen molar-refractivity contribution in [1.82, 2.24) is 9.97 Å². The third-order valence-electron chi connectivity index (χ3n) is 2.76. The summed E-state index contributed by atoms with van der Waals surface area (Å²) >= 11 is 0. The van der Waals surface area contributed by atoms with Gasteiger partial charge < -0.3 is 10.6 Å². The Balaban J connectivity index is 2.33. The zero-order chi connectivity index (χ0) is 16.3. The van der Waals surface area contributed by atoms with Gasteiger partial charge in [-0.25, -0.2) is 9.37 Å². The van der Waals surface area contributed by atoms with E-state index in [9.17, 15) is 14.5 Å². The third kappa shape index (κ3) is 3.66. The molecule has 116 valence electrons. The molecule has 1 heterocycles. The van der Waals surface area contributed by atoms with Crippen LogP contribution in [-0.4, -0.2) is 20.9 Å². The second-order valence-corrected chi connectivity index (χ2v) is 5.09. The zero-order valence-corrected chi connectivity index (χ0v) is 12.4. The van der Waals surface area contributed by atoms with Crippen LogP contribution in [-0.2, 0) is 0 Å². The van der Waals surface area contributed by atoms with Gasteiger partial charge in [0.1, 0.15) is 12.0 Å². The number of hydrogen-bond acceptors (Lipinski definition) is 6. The summed E-state index contributed by atoms with van der Waals surface area (Å²) in [6.45, 7) is 5.44. The minimum atomic E-state index is -0.568. The lowest BCUT2D eigenvalue weighted by molar-refractivity contribution is -0.384. The van der Waals surface area contributed by atoms with Crippen molar-refractivity contribution in [2.24, 2.45) is 0 Å². The minimum absolute atomic E-state index is 0.0439. The fraction of sp³-hybridized carbons (Fsp3) is 0.286. The molecule has 7 nitrogen and oxygen atoms in total. The van der Waals surface area contributed by atoms with Crippen molar-refractivity contribution in [2.75, 3.05) is 10.6 Å². The molecule has 0 aliphatic heterocycles. The molecule has 0 radical (unpaired) electrons. The van der Waals surface area contributed by atoms with Gasteiger partial charge in [0.25, 0.3) is 0 Å². The maximum Gasteiger partial charge on any atom is 0.329 e. The second kappa shape index (κ2) is 6.33. The first-order valence-corrected chi connectivity index (χ1v) is 6.68. The molecule has 8 heteroatoms. The quantitative estimate of drug-likeness (QED) is 0.649. The highest BCUT2D eigenvalue weighted by atomic mass is 19.1. The summed E-state index contributed by atoms with van der Waals surface area (Å²) in [5.74, 6) is -0.276. The first-order chi connectivity index (χ1) is 10.4. The molecule has 0 unspecified atom stereocenters. The van der Waals surface area contributed by atoms with Gasteiger partial charge in [0.2, 0.25) is 11.8 Å². The van der Waals surface area contributed by atoms with Crippen LogP contribution in [0.2, 0.25) is 0 Å². The number of halogens is 1. The van der Waals surface area contributed by atoms with Crippen molar-refractivity contribution in [3.8, 4) is 0 Å². The molecule has 0 saturated carbocycles. The van der Waals surface area contributed by atoms with Gasteiger partial charge in [0.15, 0.2) is 0 Å². The Morgan fingerprint density at radius 3 is 2.68 bits per heavy atom. The highest BCUT2D eigenvalue weighted by Crippen LogP contribution is 2.25. The average Bonchev–Trinajstić information content (AvgIpc) is 2.41. The first kappa shape index (κ1) is 15.6. The zero-order valence-electron chi connectivity index (χ0n) is 12.4. The van der Waals surface area contributed by atoms with E-state index < -0.39 is 10.7 Å². The maximum atomic E-state index is 13.8. The summed E-state index contributed by atoms with van der Waals surface area (Å²) in [5, 5.41) is 16.6. The molecule has 0 bridgehead atoms. The molecule has 0 saturated heterocycles. The average molecular weight is 305 g/mol. The van der Waals surface area contributed by atoms with Crippen molar-refractivity contribution >= 4 is 23.1 Å². The van der Waals surface area contributed by atoms with Crippen LogP contribution >= 0.6 is 0 Å². The molecule has 22 heavy (non-hydrogen) atoms. The molecule has 0 fully saturated rings. The van der Waals surface area contributed by atoms with Gasteiger partial charge in [0.05, 0.1) is 10.6 Å². The summed E-state index contributed by atoms with van der Waals surface area (Å²) in [6, 6.07) is 4.63. The van der Waals surface area contributed by atoms with Gasteiger partial charge >= 0.3 is 5.69 Å². The number of nitro groups is 1. The molecule has 2 aromatic rings. The fourth-order valence-electron chi connectivity index (χ4n) is 1.79. The van der Waals surface area contributed by atoms with Gasteiger partial charge in [0, 0.05) is 6.04 Å². The normalized spacial score (nSPS) is 10.6. The van der Waals surface area contributed by atoms with Crippen LogP contribution in [0.25, 0.3) is 0 Å². The molecule has 0 aliphatic rings. The lowest BCUT2D eigenvalue weighted by atomic mass is 10.2. The SMILES string of the molecule is Cc1ccc(Nc2ncc([N+](=O)[O-])c(NC(C)C)n2)c(F)c1. The van der Waals surface area contributed by atoms with Gasteiger partial charge in [-0.05, 0) is 38.5 Å². The Kier molecular flexibility index (Phi) is 4.50. The number of benzene rings is 1. The molecule has 2 N–H and O–H groups in total. The standard InChI is InChI=1S/C14H16FN5O2/c1-8(2)17-13-12(20(21)22)7-16-14(19-13)18-11-5-4-9(3)6-10(11)15/h4-8H,1-3H3,(H2,16,17,18,19). The van der Waals surface area contributed by atoms with Crippen molar-refractivity contribution in [1.29, 1.82) is 0 Å². The topological polar surface area (TPSA) is 93.0 Å². The van der Waals surface area contributed by atoms with Gasteiger partial charge in [-0.3, -0.25) is 10.1 Å². The Bertz CT molecular complexity index is 706. The molecular formula is C14H16FN5O2. The fourth-order valence-corrected chi connectivity index (χ4v) is 1.79. The summed E-state index contributed by atoms with van der Waals surface area (Å²) in [5.41, 5.74) is 0.758. The highest BCUT2D eigenvalue weighted by molar-refractivity contribution is 5.61. The largest absolute Gasteiger partial charge is 0.362 e. The Labute approximate surface area is 126 Å². The van der Waals surface area contributed by atoms with E-state index in [0.29, 0.717) is 0 Å². The molecule has 0 amide bonds. The van der Waals surface area contributed by atoms with E-state index in [0.717, 1.165) is 11.8 Å². The van der Waals surface area contributed by atoms with Crippen LogP contribution in [0.15, 0.2) is 24.4 Å². The molecule has 0 aliphatic carbocycles. The lowest BCUT2D eigenvalue weighted by Crippen LogP contribution is -2.14. The number of aromatic nitrogens is 2. The molecule has 2 rings (SSSR count). The van der Waals surface area contributed by atoms with Crippen molar-refractivity contribution in [3.63, 3.8) is 0 Å². The number of nitrogens with one attached hydrogen (secondary N) is 2. The molecule has 1 aromatic carbocycles. The summed E-state index contributed by atoms with van der Waals surface area (Å²) < 4.78 is 13.8. The van der Waals surface area contributed by atoms with Crippen LogP contribution in [0, 0.1) is 22.9 Å². The van der Waals surface area contributed by atoms with Crippen molar-refractivity contribution in [2.45, 2.75) is 26.8 Å². The van der Waals surface area contributed by atoms with Crippen molar-refractivity contribution < 1.29 is 9.31 Å². The van der Waals surface area contributed by atoms with Crippen LogP contribution in [0.4, 0.5) is 27.5 Å². The number of aryl methyl sites for hydroxylation is 1. The first-order valence-electron chi connectivity index (χ1n) is 6.68. The number of rotatable bonds is 5. The van der Waals surface area contributed by atoms with E-state index in [4.69, 9.17) is 0 Å². The van der Waals surface area contributed by atoms with E-state index in [1.54, 1.807) is 19.1 Å². The van der Waals surface area contributed by atoms with Crippen LogP contribution in [0.5, 0.6) is 0 Å². The Morgan fingerprint density at radius 2 is 2.09 bits per heavy atom. The van der Waals surface area contributed by atoms with E-state index in [2.05, 4.69) is 20.6 Å². The number of hydrogen-bond donors (Lipinski definition) is 2. The highest BCUT2D eigenvalue weighted by Gasteiger charge is 2.18. The predicted octanol–water partition coefficient (Wildman–Crippen LogP) is 3.40. The second-order valence-electron chi connectivity index (χ2n) is 5.09. The van der Waals surface area contributed by atoms with Gasteiger partial charge in [-0.1, -0.05) is 6.07 Å². The van der Waals surface area contributed by atoms with Crippen LogP contribution < -0.4 is 10.6 Å². The third-order valence-corrected chi connectivity index (χ3v) is 2.76. The Hall–Kier alpha value is -2.77. The number of nitrogens with zero attached hydrogens (tertiary/aromatic N) is 3. The summed E-state index contributed by atoms with van der Waals surface area (Å²) in [7, 11) is 0. The van der Waals surface area contributed by atoms with Crippen molar-refractivity contribution in [3.05, 3.63) is 45.9 Å². The molecule has 0 atom stereocenters. The molecular weight excluding hydrogens is 289 g/mol. The Morgan fingerprint density at radius 1 is 1.36 bits per heavy atom. The maximum absolute atomic E-state index is 13.8. The summed E-state index contributed by atoms with van der Waals surface area (Å²) in [6.07, 6.45) is 1.09. The monoisotopic (exact) mass is 305 g/mol. The number of anilines is 3. The van der Waals surface area contributed by atoms with Gasteiger partial charge in [-0.15, -0.1) is 0 Å². The molecule has 0 spiro atoms. The van der Waals surface area contributed by atoms with Gasteiger partial charge in [-0.2, -0.15) is 4.98 Å². The van der Waals surface area contributed by atoms with E-state index in [-0.39, 0.29) is 29.2 Å². The van der Waals surface area contributed by atoms with E-state index in [1.807, 2.05) is 13.8 Å². The minimum Gasteiger partial charge on any atom is -0.362 e.